The van der Waals surface area contributed by atoms with Gasteiger partial charge in [-0.2, -0.15) is 0 Å². The van der Waals surface area contributed by atoms with Gasteiger partial charge in [0, 0.05) is 20.0 Å². The van der Waals surface area contributed by atoms with Crippen molar-refractivity contribution < 1.29 is 32.9 Å². The van der Waals surface area contributed by atoms with Crippen LogP contribution in [0, 0.1) is 0 Å². The topological polar surface area (TPSA) is 118 Å². The van der Waals surface area contributed by atoms with E-state index in [4.69, 9.17) is 18.9 Å². The third-order valence-electron chi connectivity index (χ3n) is 6.98. The minimum absolute atomic E-state index is 0.335. The number of esters is 2. The van der Waals surface area contributed by atoms with Gasteiger partial charge in [0.05, 0.1) is 25.1 Å². The minimum atomic E-state index is -2.25. The van der Waals surface area contributed by atoms with Gasteiger partial charge in [-0.15, -0.1) is 0 Å². The predicted molar refractivity (Wildman–Crippen MR) is 129 cm³/mol. The summed E-state index contributed by atoms with van der Waals surface area (Å²) in [7, 11) is 0. The van der Waals surface area contributed by atoms with Crippen molar-refractivity contribution in [1.82, 2.24) is 19.5 Å². The van der Waals surface area contributed by atoms with E-state index in [0.29, 0.717) is 48.8 Å². The summed E-state index contributed by atoms with van der Waals surface area (Å²) < 4.78 is 40.6. The largest absolute Gasteiger partial charge is 0.459 e. The normalized spacial score (nSPS) is 27.8. The summed E-state index contributed by atoms with van der Waals surface area (Å²) in [4.78, 5) is 39.8. The number of anilines is 1. The number of carbonyl (C=O) groups is 2. The Balaban J connectivity index is 1.47. The molecular weight excluding hydrogens is 485 g/mol. The summed E-state index contributed by atoms with van der Waals surface area (Å²) in [6.07, 6.45) is 0.426. The van der Waals surface area contributed by atoms with Crippen molar-refractivity contribution in [3.8, 4) is 0 Å². The number of hydrogen-bond donors (Lipinski definition) is 0. The highest BCUT2D eigenvalue weighted by Gasteiger charge is 2.66. The van der Waals surface area contributed by atoms with E-state index in [1.165, 1.54) is 38.0 Å². The SMILES string of the molecule is CC(=O)OC1(C)[C@@H](COC(=O)c2ccccc2)OC(n2cnc3c(N4CCOCC4)ncnc32)[C@]1(C)F. The first-order chi connectivity index (χ1) is 17.7. The van der Waals surface area contributed by atoms with Crippen LogP contribution in [0.15, 0.2) is 43.0 Å². The van der Waals surface area contributed by atoms with E-state index in [1.807, 2.05) is 4.90 Å². The van der Waals surface area contributed by atoms with Gasteiger partial charge in [-0.3, -0.25) is 9.36 Å². The third kappa shape index (κ3) is 4.40. The molecule has 5 rings (SSSR count). The van der Waals surface area contributed by atoms with Gasteiger partial charge in [-0.1, -0.05) is 18.2 Å². The second-order valence-corrected chi connectivity index (χ2v) is 9.34. The molecule has 2 aromatic heterocycles. The Morgan fingerprint density at radius 1 is 1.14 bits per heavy atom. The van der Waals surface area contributed by atoms with Gasteiger partial charge in [0.2, 0.25) is 0 Å². The van der Waals surface area contributed by atoms with E-state index in [1.54, 1.807) is 30.3 Å². The monoisotopic (exact) mass is 513 g/mol. The van der Waals surface area contributed by atoms with Crippen molar-refractivity contribution >= 4 is 28.9 Å². The summed E-state index contributed by atoms with van der Waals surface area (Å²) in [5.74, 6) is -0.682. The summed E-state index contributed by atoms with van der Waals surface area (Å²) in [6, 6.07) is 8.40. The van der Waals surface area contributed by atoms with Gasteiger partial charge < -0.3 is 23.8 Å². The smallest absolute Gasteiger partial charge is 0.338 e. The fourth-order valence-corrected chi connectivity index (χ4v) is 4.79. The number of ether oxygens (including phenoxy) is 4. The number of benzene rings is 1. The van der Waals surface area contributed by atoms with Crippen molar-refractivity contribution in [2.75, 3.05) is 37.8 Å². The number of imidazole rings is 1. The zero-order valence-corrected chi connectivity index (χ0v) is 20.8. The number of aromatic nitrogens is 4. The van der Waals surface area contributed by atoms with Crippen LogP contribution in [-0.2, 0) is 23.7 Å². The molecule has 2 aliphatic rings. The van der Waals surface area contributed by atoms with Crippen LogP contribution in [0.4, 0.5) is 10.2 Å². The van der Waals surface area contributed by atoms with E-state index in [9.17, 15) is 9.59 Å². The summed E-state index contributed by atoms with van der Waals surface area (Å²) in [6.45, 7) is 5.97. The third-order valence-corrected chi connectivity index (χ3v) is 6.98. The zero-order valence-electron chi connectivity index (χ0n) is 20.8. The van der Waals surface area contributed by atoms with Crippen LogP contribution in [0.3, 0.4) is 0 Å². The molecule has 2 aliphatic heterocycles. The molecule has 2 fully saturated rings. The number of hydrogen-bond acceptors (Lipinski definition) is 10. The van der Waals surface area contributed by atoms with Gasteiger partial charge in [-0.25, -0.2) is 24.1 Å². The van der Waals surface area contributed by atoms with Crippen LogP contribution in [0.2, 0.25) is 0 Å². The molecule has 4 atom stereocenters. The predicted octanol–water partition coefficient (Wildman–Crippen LogP) is 2.47. The van der Waals surface area contributed by atoms with Crippen molar-refractivity contribution in [3.05, 3.63) is 48.5 Å². The molecule has 196 valence electrons. The fraction of sp³-hybridized carbons (Fsp3) is 0.480. The van der Waals surface area contributed by atoms with Gasteiger partial charge >= 0.3 is 11.9 Å². The molecule has 0 spiro atoms. The molecule has 0 radical (unpaired) electrons. The van der Waals surface area contributed by atoms with E-state index in [-0.39, 0.29) is 6.61 Å². The molecule has 11 nitrogen and oxygen atoms in total. The molecule has 2 unspecified atom stereocenters. The van der Waals surface area contributed by atoms with Crippen molar-refractivity contribution in [2.45, 2.75) is 44.4 Å². The van der Waals surface area contributed by atoms with Crippen molar-refractivity contribution in [2.24, 2.45) is 0 Å². The van der Waals surface area contributed by atoms with Crippen LogP contribution in [0.1, 0.15) is 37.4 Å². The Hall–Kier alpha value is -3.64. The lowest BCUT2D eigenvalue weighted by atomic mass is 9.84. The van der Waals surface area contributed by atoms with Gasteiger partial charge in [0.15, 0.2) is 34.5 Å². The molecule has 2 saturated heterocycles. The van der Waals surface area contributed by atoms with Gasteiger partial charge in [0.1, 0.15) is 19.0 Å². The number of fused-ring (bicyclic) bond motifs is 1. The first-order valence-corrected chi connectivity index (χ1v) is 12.0. The minimum Gasteiger partial charge on any atom is -0.459 e. The quantitative estimate of drug-likeness (QED) is 0.455. The maximum atomic E-state index is 16.7. The first kappa shape index (κ1) is 25.0. The molecule has 0 saturated carbocycles. The van der Waals surface area contributed by atoms with E-state index < -0.39 is 35.5 Å². The Morgan fingerprint density at radius 2 is 1.86 bits per heavy atom. The van der Waals surface area contributed by atoms with Crippen LogP contribution in [0.5, 0.6) is 0 Å². The second kappa shape index (κ2) is 9.67. The lowest BCUT2D eigenvalue weighted by Crippen LogP contribution is -2.55. The summed E-state index contributed by atoms with van der Waals surface area (Å²) >= 11 is 0. The molecule has 0 aliphatic carbocycles. The average Bonchev–Trinajstić information content (AvgIpc) is 3.39. The molecule has 0 bridgehead atoms. The maximum Gasteiger partial charge on any atom is 0.338 e. The van der Waals surface area contributed by atoms with Crippen LogP contribution in [-0.4, -0.2) is 81.7 Å². The highest BCUT2D eigenvalue weighted by Crippen LogP contribution is 2.51. The lowest BCUT2D eigenvalue weighted by molar-refractivity contribution is -0.175. The molecule has 1 aromatic carbocycles. The lowest BCUT2D eigenvalue weighted by Gasteiger charge is -2.36. The molecular formula is C25H28FN5O6. The average molecular weight is 514 g/mol. The molecule has 12 heteroatoms. The van der Waals surface area contributed by atoms with Gasteiger partial charge in [-0.05, 0) is 26.0 Å². The molecule has 0 amide bonds. The number of carbonyl (C=O) groups excluding carboxylic acids is 2. The number of morpholine rings is 1. The first-order valence-electron chi connectivity index (χ1n) is 12.0. The van der Waals surface area contributed by atoms with Crippen LogP contribution >= 0.6 is 0 Å². The Kier molecular flexibility index (Phi) is 6.54. The molecule has 37 heavy (non-hydrogen) atoms. The van der Waals surface area contributed by atoms with Crippen LogP contribution in [0.25, 0.3) is 11.2 Å². The summed E-state index contributed by atoms with van der Waals surface area (Å²) in [5, 5.41) is 0. The van der Waals surface area contributed by atoms with Crippen molar-refractivity contribution in [3.63, 3.8) is 0 Å². The molecule has 4 heterocycles. The fourth-order valence-electron chi connectivity index (χ4n) is 4.79. The van der Waals surface area contributed by atoms with E-state index >= 15 is 4.39 Å². The Morgan fingerprint density at radius 3 is 2.57 bits per heavy atom. The van der Waals surface area contributed by atoms with Crippen LogP contribution < -0.4 is 4.90 Å². The second-order valence-electron chi connectivity index (χ2n) is 9.34. The van der Waals surface area contributed by atoms with Gasteiger partial charge in [0.25, 0.3) is 0 Å². The number of alkyl halides is 1. The zero-order chi connectivity index (χ0) is 26.2. The highest BCUT2D eigenvalue weighted by molar-refractivity contribution is 5.89. The number of rotatable bonds is 6. The maximum absolute atomic E-state index is 16.7. The molecule has 0 N–H and O–H groups in total. The Labute approximate surface area is 212 Å². The standard InChI is InChI=1S/C25H28FN5O6/c1-16(32)37-25(3)18(13-35-22(33)17-7-5-4-6-8-17)36-23(24(25,2)26)31-15-29-19-20(27-14-28-21(19)31)30-9-11-34-12-10-30/h4-8,14-15,18,23H,9-13H2,1-3H3/t18-,23?,24+,25?/m1/s1. The van der Waals surface area contributed by atoms with Crippen molar-refractivity contribution in [1.29, 1.82) is 0 Å². The highest BCUT2D eigenvalue weighted by atomic mass is 19.1. The van der Waals surface area contributed by atoms with E-state index in [0.717, 1.165) is 0 Å². The number of nitrogens with zero attached hydrogens (tertiary/aromatic N) is 5. The summed E-state index contributed by atoms with van der Waals surface area (Å²) in [5.41, 5.74) is -2.85. The van der Waals surface area contributed by atoms with E-state index in [2.05, 4.69) is 15.0 Å². The number of halogens is 1. The Bertz CT molecular complexity index is 1300. The molecule has 3 aromatic rings.